The van der Waals surface area contributed by atoms with E-state index in [1.54, 1.807) is 5.38 Å². The highest BCUT2D eigenvalue weighted by Gasteiger charge is 2.05. The molecule has 0 aromatic carbocycles. The van der Waals surface area contributed by atoms with Gasteiger partial charge < -0.3 is 4.42 Å². The highest BCUT2D eigenvalue weighted by molar-refractivity contribution is 7.09. The van der Waals surface area contributed by atoms with E-state index >= 15 is 0 Å². The minimum absolute atomic E-state index is 0.175. The fraction of sp³-hybridized carbons (Fsp3) is 0.333. The van der Waals surface area contributed by atoms with Crippen molar-refractivity contribution in [2.45, 2.75) is 19.8 Å². The Balaban J connectivity index is 2.63. The van der Waals surface area contributed by atoms with Gasteiger partial charge in [0.1, 0.15) is 0 Å². The Hall–Kier alpha value is -1.16. The Kier molecular flexibility index (Phi) is 2.14. The third kappa shape index (κ3) is 1.49. The van der Waals surface area contributed by atoms with Crippen molar-refractivity contribution < 1.29 is 4.42 Å². The van der Waals surface area contributed by atoms with Crippen LogP contribution in [0.2, 0.25) is 0 Å². The number of nitrogens with zero attached hydrogens (tertiary/aromatic N) is 1. The van der Waals surface area contributed by atoms with Crippen molar-refractivity contribution in [1.82, 2.24) is 4.98 Å². The second-order valence-corrected chi connectivity index (χ2v) is 3.56. The van der Waals surface area contributed by atoms with Crippen molar-refractivity contribution in [3.8, 4) is 0 Å². The fourth-order valence-corrected chi connectivity index (χ4v) is 1.88. The highest BCUT2D eigenvalue weighted by atomic mass is 32.1. The standard InChI is InChI=1S/C9H9NO2S/c1-2-3-8-10-9(11)6-4-13-5-7(6)12-8/h4-5H,2-3H2,1H3. The molecule has 2 rings (SSSR count). The van der Waals surface area contributed by atoms with Gasteiger partial charge in [-0.2, -0.15) is 4.98 Å². The number of hydrogen-bond acceptors (Lipinski definition) is 4. The third-order valence-corrected chi connectivity index (χ3v) is 2.50. The summed E-state index contributed by atoms with van der Waals surface area (Å²) in [7, 11) is 0. The van der Waals surface area contributed by atoms with Crippen LogP contribution >= 0.6 is 11.3 Å². The van der Waals surface area contributed by atoms with Crippen LogP contribution < -0.4 is 5.56 Å². The van der Waals surface area contributed by atoms with Crippen LogP contribution in [-0.4, -0.2) is 4.98 Å². The van der Waals surface area contributed by atoms with Gasteiger partial charge in [0.05, 0.1) is 5.39 Å². The number of hydrogen-bond donors (Lipinski definition) is 0. The van der Waals surface area contributed by atoms with E-state index in [4.69, 9.17) is 4.42 Å². The molecule has 0 amide bonds. The average molecular weight is 195 g/mol. The van der Waals surface area contributed by atoms with E-state index in [-0.39, 0.29) is 5.56 Å². The quantitative estimate of drug-likeness (QED) is 0.737. The molecule has 0 aliphatic heterocycles. The number of fused-ring (bicyclic) bond motifs is 1. The summed E-state index contributed by atoms with van der Waals surface area (Å²) in [5, 5.41) is 4.19. The minimum Gasteiger partial charge on any atom is -0.441 e. The van der Waals surface area contributed by atoms with Gasteiger partial charge in [-0.3, -0.25) is 4.79 Å². The maximum absolute atomic E-state index is 11.4. The third-order valence-electron chi connectivity index (χ3n) is 1.77. The van der Waals surface area contributed by atoms with E-state index in [1.165, 1.54) is 11.3 Å². The van der Waals surface area contributed by atoms with Crippen molar-refractivity contribution in [2.24, 2.45) is 0 Å². The average Bonchev–Trinajstić information content (AvgIpc) is 2.53. The molecule has 0 unspecified atom stereocenters. The van der Waals surface area contributed by atoms with Gasteiger partial charge in [-0.05, 0) is 6.42 Å². The lowest BCUT2D eigenvalue weighted by Crippen LogP contribution is -2.07. The summed E-state index contributed by atoms with van der Waals surface area (Å²) in [5.74, 6) is 0.540. The number of rotatable bonds is 2. The molecule has 0 saturated carbocycles. The number of aromatic nitrogens is 1. The molecule has 2 heterocycles. The lowest BCUT2D eigenvalue weighted by atomic mass is 10.3. The molecule has 13 heavy (non-hydrogen) atoms. The van der Waals surface area contributed by atoms with Crippen molar-refractivity contribution in [3.63, 3.8) is 0 Å². The zero-order valence-electron chi connectivity index (χ0n) is 7.24. The van der Waals surface area contributed by atoms with Crippen LogP contribution in [0.3, 0.4) is 0 Å². The first-order valence-corrected chi connectivity index (χ1v) is 5.11. The van der Waals surface area contributed by atoms with E-state index in [0.29, 0.717) is 16.9 Å². The van der Waals surface area contributed by atoms with Gasteiger partial charge in [0, 0.05) is 17.2 Å². The topological polar surface area (TPSA) is 43.1 Å². The summed E-state index contributed by atoms with van der Waals surface area (Å²) in [6, 6.07) is 0. The van der Waals surface area contributed by atoms with Gasteiger partial charge in [-0.25, -0.2) is 0 Å². The Bertz CT molecular complexity index is 472. The predicted octanol–water partition coefficient (Wildman–Crippen LogP) is 2.20. The molecule has 2 aromatic heterocycles. The zero-order chi connectivity index (χ0) is 9.26. The smallest absolute Gasteiger partial charge is 0.284 e. The van der Waals surface area contributed by atoms with Gasteiger partial charge in [0.15, 0.2) is 11.5 Å². The van der Waals surface area contributed by atoms with Crippen LogP contribution in [0.4, 0.5) is 0 Å². The summed E-state index contributed by atoms with van der Waals surface area (Å²) in [6.45, 7) is 2.03. The molecule has 0 radical (unpaired) electrons. The SMILES string of the molecule is CCCc1nc(=O)c2cscc2o1. The first-order chi connectivity index (χ1) is 6.31. The normalized spacial score (nSPS) is 10.8. The second-order valence-electron chi connectivity index (χ2n) is 2.81. The number of thiophene rings is 1. The second kappa shape index (κ2) is 3.30. The molecule has 0 saturated heterocycles. The molecule has 3 nitrogen and oxygen atoms in total. The molecule has 2 aromatic rings. The molecular weight excluding hydrogens is 186 g/mol. The first-order valence-electron chi connectivity index (χ1n) is 4.17. The molecule has 0 aliphatic carbocycles. The minimum atomic E-state index is -0.175. The predicted molar refractivity (Wildman–Crippen MR) is 52.2 cm³/mol. The van der Waals surface area contributed by atoms with E-state index in [0.717, 1.165) is 12.8 Å². The fourth-order valence-electron chi connectivity index (χ4n) is 1.16. The molecule has 0 aliphatic rings. The first kappa shape index (κ1) is 8.44. The van der Waals surface area contributed by atoms with Crippen LogP contribution in [0.1, 0.15) is 19.2 Å². The van der Waals surface area contributed by atoms with Crippen molar-refractivity contribution >= 4 is 22.3 Å². The lowest BCUT2D eigenvalue weighted by molar-refractivity contribution is 0.502. The molecule has 0 fully saturated rings. The lowest BCUT2D eigenvalue weighted by Gasteiger charge is -1.95. The maximum atomic E-state index is 11.4. The Morgan fingerprint density at radius 3 is 3.15 bits per heavy atom. The van der Waals surface area contributed by atoms with E-state index < -0.39 is 0 Å². The molecule has 0 bridgehead atoms. The van der Waals surface area contributed by atoms with Crippen LogP contribution in [0.25, 0.3) is 11.0 Å². The van der Waals surface area contributed by atoms with Crippen molar-refractivity contribution in [1.29, 1.82) is 0 Å². The van der Waals surface area contributed by atoms with Gasteiger partial charge >= 0.3 is 0 Å². The van der Waals surface area contributed by atoms with Gasteiger partial charge in [0.2, 0.25) is 0 Å². The summed E-state index contributed by atoms with van der Waals surface area (Å²) in [4.78, 5) is 15.2. The molecular formula is C9H9NO2S. The largest absolute Gasteiger partial charge is 0.441 e. The Morgan fingerprint density at radius 2 is 2.38 bits per heavy atom. The van der Waals surface area contributed by atoms with E-state index in [1.807, 2.05) is 12.3 Å². The van der Waals surface area contributed by atoms with Crippen molar-refractivity contribution in [3.05, 3.63) is 27.0 Å². The summed E-state index contributed by atoms with van der Waals surface area (Å²) < 4.78 is 5.42. The maximum Gasteiger partial charge on any atom is 0.284 e. The highest BCUT2D eigenvalue weighted by Crippen LogP contribution is 2.15. The summed E-state index contributed by atoms with van der Waals surface area (Å²) in [5.41, 5.74) is 0.486. The van der Waals surface area contributed by atoms with Crippen LogP contribution in [-0.2, 0) is 6.42 Å². The van der Waals surface area contributed by atoms with Crippen molar-refractivity contribution in [2.75, 3.05) is 0 Å². The Morgan fingerprint density at radius 1 is 1.54 bits per heavy atom. The van der Waals surface area contributed by atoms with Gasteiger partial charge in [0.25, 0.3) is 5.56 Å². The van der Waals surface area contributed by atoms with Crippen LogP contribution in [0.5, 0.6) is 0 Å². The monoisotopic (exact) mass is 195 g/mol. The summed E-state index contributed by atoms with van der Waals surface area (Å²) in [6.07, 6.45) is 1.66. The summed E-state index contributed by atoms with van der Waals surface area (Å²) >= 11 is 1.46. The zero-order valence-corrected chi connectivity index (χ0v) is 8.06. The molecule has 68 valence electrons. The van der Waals surface area contributed by atoms with Crippen LogP contribution in [0, 0.1) is 0 Å². The number of aryl methyl sites for hydroxylation is 1. The Labute approximate surface area is 79.0 Å². The van der Waals surface area contributed by atoms with E-state index in [9.17, 15) is 4.79 Å². The van der Waals surface area contributed by atoms with E-state index in [2.05, 4.69) is 4.98 Å². The van der Waals surface area contributed by atoms with Gasteiger partial charge in [-0.1, -0.05) is 6.92 Å². The van der Waals surface area contributed by atoms with Gasteiger partial charge in [-0.15, -0.1) is 11.3 Å². The molecule has 0 atom stereocenters. The molecule has 0 N–H and O–H groups in total. The molecule has 4 heteroatoms. The molecule has 0 spiro atoms. The van der Waals surface area contributed by atoms with Crippen LogP contribution in [0.15, 0.2) is 20.0 Å².